The highest BCUT2D eigenvalue weighted by Crippen LogP contribution is 2.36. The first-order valence-corrected chi connectivity index (χ1v) is 9.97. The molecular formula is C15H28N2O2S. The van der Waals surface area contributed by atoms with Crippen molar-refractivity contribution in [2.75, 3.05) is 25.4 Å². The minimum Gasteiger partial charge on any atom is -0.313 e. The Labute approximate surface area is 123 Å². The van der Waals surface area contributed by atoms with Crippen LogP contribution < -0.4 is 5.32 Å². The van der Waals surface area contributed by atoms with Crippen molar-refractivity contribution in [2.45, 2.75) is 57.4 Å². The number of hydrogen-bond acceptors (Lipinski definition) is 3. The molecule has 1 N–H and O–H groups in total. The summed E-state index contributed by atoms with van der Waals surface area (Å²) in [6.07, 6.45) is 9.64. The maximum absolute atomic E-state index is 12.6. The molecule has 0 aromatic rings. The molecule has 116 valence electrons. The van der Waals surface area contributed by atoms with E-state index >= 15 is 0 Å². The first-order valence-electron chi connectivity index (χ1n) is 8.36. The highest BCUT2D eigenvalue weighted by molar-refractivity contribution is 7.89. The zero-order valence-electron chi connectivity index (χ0n) is 12.4. The van der Waals surface area contributed by atoms with Gasteiger partial charge in [-0.1, -0.05) is 25.7 Å². The summed E-state index contributed by atoms with van der Waals surface area (Å²) in [5.41, 5.74) is 0. The lowest BCUT2D eigenvalue weighted by atomic mass is 9.76. The molecule has 0 radical (unpaired) electrons. The van der Waals surface area contributed by atoms with Gasteiger partial charge < -0.3 is 5.32 Å². The summed E-state index contributed by atoms with van der Waals surface area (Å²) in [5.74, 6) is 1.74. The highest BCUT2D eigenvalue weighted by atomic mass is 32.2. The third kappa shape index (κ3) is 3.37. The average Bonchev–Trinajstić information content (AvgIpc) is 2.47. The molecule has 0 bridgehead atoms. The molecule has 3 aliphatic rings. The van der Waals surface area contributed by atoms with Crippen molar-refractivity contribution in [3.8, 4) is 0 Å². The van der Waals surface area contributed by atoms with E-state index in [0.29, 0.717) is 11.7 Å². The normalized spacial score (nSPS) is 36.5. The van der Waals surface area contributed by atoms with Gasteiger partial charge in [0, 0.05) is 19.1 Å². The van der Waals surface area contributed by atoms with Gasteiger partial charge >= 0.3 is 0 Å². The monoisotopic (exact) mass is 300 g/mol. The Kier molecular flexibility index (Phi) is 4.68. The SMILES string of the molecule is O=S(=O)(CC1CCCCN1)N1CCC2CCCCC2C1. The molecule has 5 heteroatoms. The van der Waals surface area contributed by atoms with Crippen LogP contribution in [-0.2, 0) is 10.0 Å². The first-order chi connectivity index (χ1) is 9.65. The second-order valence-electron chi connectivity index (χ2n) is 6.88. The molecular weight excluding hydrogens is 272 g/mol. The van der Waals surface area contributed by atoms with Crippen LogP contribution in [0.2, 0.25) is 0 Å². The van der Waals surface area contributed by atoms with Crippen molar-refractivity contribution >= 4 is 10.0 Å². The lowest BCUT2D eigenvalue weighted by molar-refractivity contribution is 0.136. The van der Waals surface area contributed by atoms with Crippen LogP contribution in [0.4, 0.5) is 0 Å². The Morgan fingerprint density at radius 3 is 2.45 bits per heavy atom. The van der Waals surface area contributed by atoms with Crippen LogP contribution in [0, 0.1) is 11.8 Å². The summed E-state index contributed by atoms with van der Waals surface area (Å²) in [6, 6.07) is 0.179. The van der Waals surface area contributed by atoms with Gasteiger partial charge in [0.25, 0.3) is 0 Å². The van der Waals surface area contributed by atoms with Crippen molar-refractivity contribution in [1.29, 1.82) is 0 Å². The van der Waals surface area contributed by atoms with Crippen molar-refractivity contribution in [2.24, 2.45) is 11.8 Å². The smallest absolute Gasteiger partial charge is 0.215 e. The van der Waals surface area contributed by atoms with Gasteiger partial charge in [0.15, 0.2) is 0 Å². The third-order valence-corrected chi connectivity index (χ3v) is 7.41. The second kappa shape index (κ2) is 6.32. The zero-order chi connectivity index (χ0) is 14.0. The Bertz CT molecular complexity index is 418. The average molecular weight is 300 g/mol. The number of nitrogens with one attached hydrogen (secondary N) is 1. The Morgan fingerprint density at radius 1 is 0.950 bits per heavy atom. The molecule has 1 aliphatic carbocycles. The van der Waals surface area contributed by atoms with Crippen LogP contribution in [-0.4, -0.2) is 44.2 Å². The van der Waals surface area contributed by atoms with E-state index in [1.807, 2.05) is 0 Å². The Balaban J connectivity index is 1.59. The summed E-state index contributed by atoms with van der Waals surface area (Å²) in [4.78, 5) is 0. The van der Waals surface area contributed by atoms with Crippen molar-refractivity contribution in [3.63, 3.8) is 0 Å². The Hall–Kier alpha value is -0.130. The fourth-order valence-corrected chi connectivity index (χ4v) is 6.05. The fraction of sp³-hybridized carbons (Fsp3) is 1.00. The molecule has 3 rings (SSSR count). The second-order valence-corrected chi connectivity index (χ2v) is 8.89. The van der Waals surface area contributed by atoms with Crippen LogP contribution in [0.5, 0.6) is 0 Å². The van der Waals surface area contributed by atoms with Crippen LogP contribution in [0.3, 0.4) is 0 Å². The maximum Gasteiger partial charge on any atom is 0.215 e. The summed E-state index contributed by atoms with van der Waals surface area (Å²) in [7, 11) is -3.06. The van der Waals surface area contributed by atoms with Gasteiger partial charge in [-0.3, -0.25) is 0 Å². The van der Waals surface area contributed by atoms with Crippen molar-refractivity contribution in [3.05, 3.63) is 0 Å². The van der Waals surface area contributed by atoms with E-state index in [1.165, 1.54) is 32.1 Å². The van der Waals surface area contributed by atoms with Gasteiger partial charge in [-0.25, -0.2) is 12.7 Å². The number of rotatable bonds is 3. The topological polar surface area (TPSA) is 49.4 Å². The number of fused-ring (bicyclic) bond motifs is 1. The van der Waals surface area contributed by atoms with Crippen LogP contribution in [0.15, 0.2) is 0 Å². The largest absolute Gasteiger partial charge is 0.313 e. The van der Waals surface area contributed by atoms with Gasteiger partial charge in [0.1, 0.15) is 0 Å². The van der Waals surface area contributed by atoms with Gasteiger partial charge in [-0.15, -0.1) is 0 Å². The predicted molar refractivity (Wildman–Crippen MR) is 81.1 cm³/mol. The zero-order valence-corrected chi connectivity index (χ0v) is 13.2. The summed E-state index contributed by atoms with van der Waals surface area (Å²) < 4.78 is 27.0. The molecule has 20 heavy (non-hydrogen) atoms. The molecule has 2 saturated heterocycles. The molecule has 0 aromatic carbocycles. The molecule has 3 unspecified atom stereocenters. The molecule has 2 aliphatic heterocycles. The molecule has 4 nitrogen and oxygen atoms in total. The third-order valence-electron chi connectivity index (χ3n) is 5.47. The number of sulfonamides is 1. The van der Waals surface area contributed by atoms with E-state index in [2.05, 4.69) is 5.32 Å². The van der Waals surface area contributed by atoms with Crippen molar-refractivity contribution in [1.82, 2.24) is 9.62 Å². The van der Waals surface area contributed by atoms with E-state index in [1.54, 1.807) is 4.31 Å². The first kappa shape index (κ1) is 14.8. The summed E-state index contributed by atoms with van der Waals surface area (Å²) in [6.45, 7) is 2.53. The molecule has 0 aromatic heterocycles. The molecule has 3 atom stereocenters. The van der Waals surface area contributed by atoms with Gasteiger partial charge in [0.2, 0.25) is 10.0 Å². The molecule has 3 fully saturated rings. The molecule has 0 amide bonds. The van der Waals surface area contributed by atoms with Crippen LogP contribution >= 0.6 is 0 Å². The summed E-state index contributed by atoms with van der Waals surface area (Å²) in [5, 5.41) is 3.36. The standard InChI is InChI=1S/C15H28N2O2S/c18-20(19,12-15-7-3-4-9-16-15)17-10-8-13-5-1-2-6-14(13)11-17/h13-16H,1-12H2. The quantitative estimate of drug-likeness (QED) is 0.867. The lowest BCUT2D eigenvalue weighted by Crippen LogP contribution is -2.49. The van der Waals surface area contributed by atoms with Crippen LogP contribution in [0.25, 0.3) is 0 Å². The maximum atomic E-state index is 12.6. The van der Waals surface area contributed by atoms with Crippen molar-refractivity contribution < 1.29 is 8.42 Å². The minimum atomic E-state index is -3.06. The Morgan fingerprint density at radius 2 is 1.70 bits per heavy atom. The lowest BCUT2D eigenvalue weighted by Gasteiger charge is -2.41. The van der Waals surface area contributed by atoms with E-state index < -0.39 is 10.0 Å². The number of nitrogens with zero attached hydrogens (tertiary/aromatic N) is 1. The van der Waals surface area contributed by atoms with Gasteiger partial charge in [0.05, 0.1) is 5.75 Å². The minimum absolute atomic E-state index is 0.179. The summed E-state index contributed by atoms with van der Waals surface area (Å²) >= 11 is 0. The number of hydrogen-bond donors (Lipinski definition) is 1. The van der Waals surface area contributed by atoms with E-state index in [0.717, 1.165) is 44.8 Å². The fourth-order valence-electron chi connectivity index (χ4n) is 4.25. The predicted octanol–water partition coefficient (Wildman–Crippen LogP) is 1.97. The van der Waals surface area contributed by atoms with Crippen LogP contribution in [0.1, 0.15) is 51.4 Å². The van der Waals surface area contributed by atoms with E-state index in [-0.39, 0.29) is 6.04 Å². The number of piperidine rings is 2. The van der Waals surface area contributed by atoms with Gasteiger partial charge in [-0.05, 0) is 44.1 Å². The van der Waals surface area contributed by atoms with Gasteiger partial charge in [-0.2, -0.15) is 0 Å². The molecule has 0 spiro atoms. The van der Waals surface area contributed by atoms with E-state index in [9.17, 15) is 8.42 Å². The molecule has 2 heterocycles. The highest BCUT2D eigenvalue weighted by Gasteiger charge is 2.36. The molecule has 1 saturated carbocycles. The van der Waals surface area contributed by atoms with E-state index in [4.69, 9.17) is 0 Å².